The summed E-state index contributed by atoms with van der Waals surface area (Å²) in [7, 11) is 0. The number of hydrogen-bond donors (Lipinski definition) is 2. The summed E-state index contributed by atoms with van der Waals surface area (Å²) in [4.78, 5) is 4.15. The summed E-state index contributed by atoms with van der Waals surface area (Å²) in [6.07, 6.45) is 1.43. The predicted molar refractivity (Wildman–Crippen MR) is 83.7 cm³/mol. The molecule has 0 heterocycles. The van der Waals surface area contributed by atoms with E-state index < -0.39 is 17.7 Å². The van der Waals surface area contributed by atoms with Gasteiger partial charge in [0, 0.05) is 18.0 Å². The van der Waals surface area contributed by atoms with Crippen LogP contribution >= 0.6 is 0 Å². The van der Waals surface area contributed by atoms with E-state index in [1.165, 1.54) is 18.3 Å². The van der Waals surface area contributed by atoms with Crippen LogP contribution in [-0.2, 0) is 13.0 Å². The van der Waals surface area contributed by atoms with Crippen LogP contribution in [0, 0.1) is 11.6 Å². The Labute approximate surface area is 128 Å². The molecule has 0 aliphatic carbocycles. The van der Waals surface area contributed by atoms with Crippen LogP contribution in [0.5, 0.6) is 0 Å². The van der Waals surface area contributed by atoms with Gasteiger partial charge in [-0.05, 0) is 48.2 Å². The maximum atomic E-state index is 13.0. The monoisotopic (exact) mass is 304 g/mol. The average Bonchev–Trinajstić information content (AvgIpc) is 2.46. The van der Waals surface area contributed by atoms with Crippen LogP contribution in [0.25, 0.3) is 0 Å². The van der Waals surface area contributed by atoms with Crippen molar-refractivity contribution >= 4 is 11.9 Å². The summed E-state index contributed by atoms with van der Waals surface area (Å²) in [6.45, 7) is 0.450. The Morgan fingerprint density at radius 2 is 1.68 bits per heavy atom. The summed E-state index contributed by atoms with van der Waals surface area (Å²) < 4.78 is 26.1. The fourth-order valence-corrected chi connectivity index (χ4v) is 2.05. The summed E-state index contributed by atoms with van der Waals surface area (Å²) >= 11 is 0. The molecule has 1 atom stereocenters. The SMILES string of the molecule is Nc1ccc(CN=CC(O)CCc2cc(F)cc(F)c2)cc1. The van der Waals surface area contributed by atoms with Crippen LogP contribution in [-0.4, -0.2) is 17.4 Å². The molecule has 0 aliphatic heterocycles. The third kappa shape index (κ3) is 5.26. The molecule has 0 radical (unpaired) electrons. The molecule has 0 fully saturated rings. The van der Waals surface area contributed by atoms with E-state index in [-0.39, 0.29) is 0 Å². The number of hydrogen-bond acceptors (Lipinski definition) is 3. The largest absolute Gasteiger partial charge is 0.399 e. The Morgan fingerprint density at radius 1 is 1.05 bits per heavy atom. The predicted octanol–water partition coefficient (Wildman–Crippen LogP) is 3.11. The third-order valence-electron chi connectivity index (χ3n) is 3.18. The average molecular weight is 304 g/mol. The highest BCUT2D eigenvalue weighted by molar-refractivity contribution is 5.62. The van der Waals surface area contributed by atoms with E-state index in [9.17, 15) is 13.9 Å². The molecule has 3 nitrogen and oxygen atoms in total. The number of rotatable bonds is 6. The third-order valence-corrected chi connectivity index (χ3v) is 3.18. The van der Waals surface area contributed by atoms with E-state index in [1.54, 1.807) is 12.1 Å². The zero-order chi connectivity index (χ0) is 15.9. The fraction of sp³-hybridized carbons (Fsp3) is 0.235. The van der Waals surface area contributed by atoms with Crippen molar-refractivity contribution in [2.45, 2.75) is 25.5 Å². The standard InChI is InChI=1S/C17H18F2N2O/c18-14-7-13(8-15(19)9-14)3-6-17(22)11-21-10-12-1-4-16(20)5-2-12/h1-2,4-5,7-9,11,17,22H,3,6,10,20H2. The number of anilines is 1. The molecule has 0 aromatic heterocycles. The molecule has 2 aromatic carbocycles. The minimum absolute atomic E-state index is 0.355. The van der Waals surface area contributed by atoms with Crippen molar-refractivity contribution in [1.29, 1.82) is 0 Å². The number of aliphatic hydroxyl groups is 1. The molecule has 3 N–H and O–H groups in total. The number of benzene rings is 2. The summed E-state index contributed by atoms with van der Waals surface area (Å²) in [5, 5.41) is 9.81. The van der Waals surface area contributed by atoms with Gasteiger partial charge in [-0.3, -0.25) is 4.99 Å². The Hall–Kier alpha value is -2.27. The van der Waals surface area contributed by atoms with Gasteiger partial charge < -0.3 is 10.8 Å². The molecule has 2 rings (SSSR count). The Balaban J connectivity index is 1.80. The van der Waals surface area contributed by atoms with E-state index in [1.807, 2.05) is 12.1 Å². The van der Waals surface area contributed by atoms with Crippen molar-refractivity contribution in [3.63, 3.8) is 0 Å². The minimum atomic E-state index is -0.750. The van der Waals surface area contributed by atoms with E-state index in [0.717, 1.165) is 11.6 Å². The van der Waals surface area contributed by atoms with Gasteiger partial charge in [0.15, 0.2) is 0 Å². The van der Waals surface area contributed by atoms with Gasteiger partial charge in [0.2, 0.25) is 0 Å². The first kappa shape index (κ1) is 16.1. The lowest BCUT2D eigenvalue weighted by atomic mass is 10.1. The maximum absolute atomic E-state index is 13.0. The molecular formula is C17H18F2N2O. The highest BCUT2D eigenvalue weighted by Gasteiger charge is 2.04. The van der Waals surface area contributed by atoms with Crippen LogP contribution in [0.3, 0.4) is 0 Å². The number of halogens is 2. The van der Waals surface area contributed by atoms with Crippen LogP contribution in [0.1, 0.15) is 17.5 Å². The molecule has 0 amide bonds. The van der Waals surface area contributed by atoms with Gasteiger partial charge in [-0.1, -0.05) is 12.1 Å². The maximum Gasteiger partial charge on any atom is 0.126 e. The second kappa shape index (κ2) is 7.66. The first-order valence-corrected chi connectivity index (χ1v) is 7.00. The molecule has 1 unspecified atom stereocenters. The van der Waals surface area contributed by atoms with E-state index >= 15 is 0 Å². The first-order chi connectivity index (χ1) is 10.5. The van der Waals surface area contributed by atoms with Gasteiger partial charge >= 0.3 is 0 Å². The first-order valence-electron chi connectivity index (χ1n) is 7.00. The molecule has 0 saturated carbocycles. The normalized spacial score (nSPS) is 12.7. The molecule has 2 aromatic rings. The van der Waals surface area contributed by atoms with Crippen LogP contribution < -0.4 is 5.73 Å². The van der Waals surface area contributed by atoms with Crippen LogP contribution in [0.2, 0.25) is 0 Å². The summed E-state index contributed by atoms with van der Waals surface area (Å²) in [6, 6.07) is 10.7. The van der Waals surface area contributed by atoms with Crippen LogP contribution in [0.15, 0.2) is 47.5 Å². The van der Waals surface area contributed by atoms with E-state index in [2.05, 4.69) is 4.99 Å². The zero-order valence-electron chi connectivity index (χ0n) is 12.0. The lowest BCUT2D eigenvalue weighted by Gasteiger charge is -2.06. The molecule has 22 heavy (non-hydrogen) atoms. The lowest BCUT2D eigenvalue weighted by Crippen LogP contribution is -2.09. The van der Waals surface area contributed by atoms with Crippen molar-refractivity contribution in [2.24, 2.45) is 4.99 Å². The zero-order valence-corrected chi connectivity index (χ0v) is 12.0. The number of nitrogens with zero attached hydrogens (tertiary/aromatic N) is 1. The number of aliphatic imine (C=N–C) groups is 1. The molecule has 116 valence electrons. The topological polar surface area (TPSA) is 58.6 Å². The van der Waals surface area contributed by atoms with Gasteiger partial charge in [-0.25, -0.2) is 8.78 Å². The molecular weight excluding hydrogens is 286 g/mol. The van der Waals surface area contributed by atoms with Crippen molar-refractivity contribution in [3.8, 4) is 0 Å². The van der Waals surface area contributed by atoms with Gasteiger partial charge in [-0.2, -0.15) is 0 Å². The van der Waals surface area contributed by atoms with Crippen molar-refractivity contribution in [1.82, 2.24) is 0 Å². The minimum Gasteiger partial charge on any atom is -0.399 e. The molecule has 0 spiro atoms. The number of nitrogen functional groups attached to an aromatic ring is 1. The van der Waals surface area contributed by atoms with Gasteiger partial charge in [-0.15, -0.1) is 0 Å². The van der Waals surface area contributed by atoms with E-state index in [4.69, 9.17) is 5.73 Å². The summed E-state index contributed by atoms with van der Waals surface area (Å²) in [5.41, 5.74) is 7.79. The van der Waals surface area contributed by atoms with Crippen molar-refractivity contribution in [3.05, 3.63) is 65.2 Å². The number of aliphatic hydroxyl groups excluding tert-OH is 1. The number of nitrogens with two attached hydrogens (primary N) is 1. The van der Waals surface area contributed by atoms with Crippen LogP contribution in [0.4, 0.5) is 14.5 Å². The molecule has 0 saturated heterocycles. The molecule has 5 heteroatoms. The van der Waals surface area contributed by atoms with Gasteiger partial charge in [0.1, 0.15) is 11.6 Å². The lowest BCUT2D eigenvalue weighted by molar-refractivity contribution is 0.235. The van der Waals surface area contributed by atoms with Gasteiger partial charge in [0.05, 0.1) is 12.6 Å². The van der Waals surface area contributed by atoms with Gasteiger partial charge in [0.25, 0.3) is 0 Å². The highest BCUT2D eigenvalue weighted by Crippen LogP contribution is 2.11. The van der Waals surface area contributed by atoms with Crippen molar-refractivity contribution in [2.75, 3.05) is 5.73 Å². The molecule has 0 aliphatic rings. The van der Waals surface area contributed by atoms with E-state index in [0.29, 0.717) is 30.6 Å². The second-order valence-corrected chi connectivity index (χ2v) is 5.12. The van der Waals surface area contributed by atoms with Crippen molar-refractivity contribution < 1.29 is 13.9 Å². The fourth-order valence-electron chi connectivity index (χ4n) is 2.05. The Kier molecular flexibility index (Phi) is 5.61. The second-order valence-electron chi connectivity index (χ2n) is 5.12. The highest BCUT2D eigenvalue weighted by atomic mass is 19.1. The number of aryl methyl sites for hydroxylation is 1. The Bertz CT molecular complexity index is 621. The summed E-state index contributed by atoms with van der Waals surface area (Å²) in [5.74, 6) is -1.22. The quantitative estimate of drug-likeness (QED) is 0.636. The smallest absolute Gasteiger partial charge is 0.126 e. The molecule has 0 bridgehead atoms. The Morgan fingerprint density at radius 3 is 2.32 bits per heavy atom.